The quantitative estimate of drug-likeness (QED) is 0.186. The number of rotatable bonds is 11. The molecule has 4 aromatic carbocycles. The van der Waals surface area contributed by atoms with E-state index in [0.29, 0.717) is 19.8 Å². The van der Waals surface area contributed by atoms with Crippen LogP contribution in [0.5, 0.6) is 0 Å². The highest BCUT2D eigenvalue weighted by Gasteiger charge is 2.13. The van der Waals surface area contributed by atoms with Crippen molar-refractivity contribution in [3.63, 3.8) is 0 Å². The molecule has 2 nitrogen and oxygen atoms in total. The van der Waals surface area contributed by atoms with Crippen molar-refractivity contribution < 1.29 is 9.47 Å². The maximum atomic E-state index is 6.38. The third-order valence-corrected chi connectivity index (χ3v) is 8.76. The second-order valence-corrected chi connectivity index (χ2v) is 12.0. The number of aryl methyl sites for hydroxylation is 7. The normalized spacial score (nSPS) is 11.3. The Kier molecular flexibility index (Phi) is 10.2. The first-order chi connectivity index (χ1) is 19.6. The molecule has 0 radical (unpaired) electrons. The lowest BCUT2D eigenvalue weighted by atomic mass is 9.91. The fourth-order valence-electron chi connectivity index (χ4n) is 5.87. The molecule has 0 aliphatic heterocycles. The van der Waals surface area contributed by atoms with Crippen LogP contribution in [0.25, 0.3) is 0 Å². The van der Waals surface area contributed by atoms with E-state index in [9.17, 15) is 0 Å². The van der Waals surface area contributed by atoms with Crippen molar-refractivity contribution >= 4 is 0 Å². The van der Waals surface area contributed by atoms with Crippen molar-refractivity contribution in [3.05, 3.63) is 138 Å². The van der Waals surface area contributed by atoms with Gasteiger partial charge >= 0.3 is 0 Å². The van der Waals surface area contributed by atoms with E-state index < -0.39 is 0 Å². The van der Waals surface area contributed by atoms with Gasteiger partial charge in [0.05, 0.1) is 19.8 Å². The second-order valence-electron chi connectivity index (χ2n) is 12.0. The molecule has 0 heterocycles. The van der Waals surface area contributed by atoms with E-state index in [0.717, 1.165) is 19.4 Å². The van der Waals surface area contributed by atoms with Gasteiger partial charge in [-0.3, -0.25) is 0 Å². The standard InChI is InChI=1S/C39H48O2/c1-10-40-24-39-26(3)12-14-34(32(39)9)19-36-21-38(31(8)17-29(36)6)23-41-22-37-20-35(28(5)16-30(37)7)18-33-13-11-25(2)15-27(33)4/h11-17,20-21H,10,18-19,22-24H2,1-9H3. The summed E-state index contributed by atoms with van der Waals surface area (Å²) in [5.74, 6) is 0. The smallest absolute Gasteiger partial charge is 0.0724 e. The number of hydrogen-bond donors (Lipinski definition) is 0. The van der Waals surface area contributed by atoms with E-state index in [1.54, 1.807) is 0 Å². The molecule has 0 atom stereocenters. The van der Waals surface area contributed by atoms with Crippen LogP contribution in [0.3, 0.4) is 0 Å². The van der Waals surface area contributed by atoms with Gasteiger partial charge in [0.2, 0.25) is 0 Å². The molecule has 0 saturated heterocycles. The van der Waals surface area contributed by atoms with Crippen LogP contribution >= 0.6 is 0 Å². The third kappa shape index (κ3) is 7.56. The zero-order valence-electron chi connectivity index (χ0n) is 26.8. The fourth-order valence-corrected chi connectivity index (χ4v) is 5.87. The average Bonchev–Trinajstić information content (AvgIpc) is 2.91. The molecule has 0 aliphatic carbocycles. The lowest BCUT2D eigenvalue weighted by Gasteiger charge is -2.18. The fraction of sp³-hybridized carbons (Fsp3) is 0.385. The Morgan fingerprint density at radius 3 is 1.51 bits per heavy atom. The van der Waals surface area contributed by atoms with Gasteiger partial charge in [0, 0.05) is 6.61 Å². The highest BCUT2D eigenvalue weighted by Crippen LogP contribution is 2.26. The Hall–Kier alpha value is -3.20. The van der Waals surface area contributed by atoms with Gasteiger partial charge in [-0.05, 0) is 153 Å². The van der Waals surface area contributed by atoms with Crippen LogP contribution in [0.4, 0.5) is 0 Å². The molecular weight excluding hydrogens is 500 g/mol. The predicted molar refractivity (Wildman–Crippen MR) is 173 cm³/mol. The highest BCUT2D eigenvalue weighted by atomic mass is 16.5. The minimum atomic E-state index is 0.612. The molecule has 0 unspecified atom stereocenters. The van der Waals surface area contributed by atoms with Gasteiger partial charge in [-0.2, -0.15) is 0 Å². The lowest BCUT2D eigenvalue weighted by molar-refractivity contribution is 0.106. The van der Waals surface area contributed by atoms with Crippen LogP contribution in [0.1, 0.15) is 90.4 Å². The second kappa shape index (κ2) is 13.6. The Labute approximate surface area is 248 Å². The molecule has 0 aromatic heterocycles. The molecule has 2 heteroatoms. The monoisotopic (exact) mass is 548 g/mol. The summed E-state index contributed by atoms with van der Waals surface area (Å²) >= 11 is 0. The van der Waals surface area contributed by atoms with Gasteiger partial charge in [0.1, 0.15) is 0 Å². The summed E-state index contributed by atoms with van der Waals surface area (Å²) in [6.45, 7) is 22.3. The Morgan fingerprint density at radius 1 is 0.439 bits per heavy atom. The molecule has 216 valence electrons. The molecule has 0 saturated carbocycles. The minimum absolute atomic E-state index is 0.612. The van der Waals surface area contributed by atoms with Crippen LogP contribution in [0, 0.1) is 55.4 Å². The zero-order chi connectivity index (χ0) is 29.7. The Balaban J connectivity index is 1.49. The molecule has 0 N–H and O–H groups in total. The van der Waals surface area contributed by atoms with Gasteiger partial charge < -0.3 is 9.47 Å². The average molecular weight is 549 g/mol. The summed E-state index contributed by atoms with van der Waals surface area (Å²) in [6, 6.07) is 20.6. The number of hydrogen-bond acceptors (Lipinski definition) is 2. The zero-order valence-corrected chi connectivity index (χ0v) is 26.8. The van der Waals surface area contributed by atoms with Crippen LogP contribution in [0.15, 0.2) is 54.6 Å². The van der Waals surface area contributed by atoms with Crippen molar-refractivity contribution in [2.45, 2.75) is 95.0 Å². The molecule has 0 bridgehead atoms. The largest absolute Gasteiger partial charge is 0.377 e. The third-order valence-electron chi connectivity index (χ3n) is 8.76. The molecule has 0 fully saturated rings. The first-order valence-corrected chi connectivity index (χ1v) is 15.0. The first-order valence-electron chi connectivity index (χ1n) is 15.0. The molecular formula is C39H48O2. The van der Waals surface area contributed by atoms with Gasteiger partial charge in [-0.1, -0.05) is 60.2 Å². The van der Waals surface area contributed by atoms with Crippen LogP contribution in [-0.2, 0) is 42.1 Å². The number of ether oxygens (including phenoxy) is 2. The van der Waals surface area contributed by atoms with Crippen LogP contribution in [0.2, 0.25) is 0 Å². The first kappa shape index (κ1) is 30.8. The molecule has 4 rings (SSSR count). The minimum Gasteiger partial charge on any atom is -0.377 e. The molecule has 41 heavy (non-hydrogen) atoms. The Bertz CT molecular complexity index is 1530. The van der Waals surface area contributed by atoms with Gasteiger partial charge in [-0.25, -0.2) is 0 Å². The van der Waals surface area contributed by atoms with E-state index in [4.69, 9.17) is 9.47 Å². The summed E-state index contributed by atoms with van der Waals surface area (Å²) in [5.41, 5.74) is 20.0. The maximum Gasteiger partial charge on any atom is 0.0724 e. The SMILES string of the molecule is CCOCc1c(C)ccc(Cc2cc(COCc3cc(Cc4ccc(C)cc4C)c(C)cc3C)c(C)cc2C)c1C. The molecule has 0 amide bonds. The summed E-state index contributed by atoms with van der Waals surface area (Å²) in [7, 11) is 0. The summed E-state index contributed by atoms with van der Waals surface area (Å²) in [4.78, 5) is 0. The Morgan fingerprint density at radius 2 is 0.951 bits per heavy atom. The predicted octanol–water partition coefficient (Wildman–Crippen LogP) is 9.59. The highest BCUT2D eigenvalue weighted by molar-refractivity contribution is 5.45. The van der Waals surface area contributed by atoms with E-state index >= 15 is 0 Å². The molecule has 0 aliphatic rings. The van der Waals surface area contributed by atoms with Crippen molar-refractivity contribution in [1.82, 2.24) is 0 Å². The van der Waals surface area contributed by atoms with Gasteiger partial charge in [0.25, 0.3) is 0 Å². The summed E-state index contributed by atoms with van der Waals surface area (Å²) in [5, 5.41) is 0. The van der Waals surface area contributed by atoms with Gasteiger partial charge in [-0.15, -0.1) is 0 Å². The maximum absolute atomic E-state index is 6.38. The van der Waals surface area contributed by atoms with E-state index in [-0.39, 0.29) is 0 Å². The summed E-state index contributed by atoms with van der Waals surface area (Å²) < 4.78 is 12.2. The van der Waals surface area contributed by atoms with Crippen LogP contribution < -0.4 is 0 Å². The van der Waals surface area contributed by atoms with Crippen molar-refractivity contribution in [2.24, 2.45) is 0 Å². The summed E-state index contributed by atoms with van der Waals surface area (Å²) in [6.07, 6.45) is 1.87. The van der Waals surface area contributed by atoms with Crippen molar-refractivity contribution in [3.8, 4) is 0 Å². The van der Waals surface area contributed by atoms with E-state index in [1.165, 1.54) is 83.5 Å². The topological polar surface area (TPSA) is 18.5 Å². The van der Waals surface area contributed by atoms with E-state index in [1.807, 2.05) is 0 Å². The van der Waals surface area contributed by atoms with Crippen LogP contribution in [-0.4, -0.2) is 6.61 Å². The van der Waals surface area contributed by atoms with Gasteiger partial charge in [0.15, 0.2) is 0 Å². The van der Waals surface area contributed by atoms with Crippen molar-refractivity contribution in [2.75, 3.05) is 6.61 Å². The molecule has 4 aromatic rings. The lowest BCUT2D eigenvalue weighted by Crippen LogP contribution is -2.05. The van der Waals surface area contributed by atoms with E-state index in [2.05, 4.69) is 117 Å². The van der Waals surface area contributed by atoms with Crippen molar-refractivity contribution in [1.29, 1.82) is 0 Å². The number of benzene rings is 4. The molecule has 0 spiro atoms.